The van der Waals surface area contributed by atoms with Crippen LogP contribution < -0.4 is 25.4 Å². The molecular formula is C52H65N5O10. The summed E-state index contributed by atoms with van der Waals surface area (Å²) >= 11 is 0. The molecule has 5 amide bonds. The summed E-state index contributed by atoms with van der Waals surface area (Å²) in [5.41, 5.74) is 1.88. The van der Waals surface area contributed by atoms with E-state index in [1.165, 1.54) is 35.1 Å². The van der Waals surface area contributed by atoms with E-state index in [2.05, 4.69) is 16.0 Å². The summed E-state index contributed by atoms with van der Waals surface area (Å²) in [6.45, 7) is 3.24. The molecule has 2 aliphatic heterocycles. The highest BCUT2D eigenvalue weighted by Gasteiger charge is 2.37. The lowest BCUT2D eigenvalue weighted by atomic mass is 9.88. The van der Waals surface area contributed by atoms with E-state index < -0.39 is 60.0 Å². The standard InChI is InChI=1S/C52H65N5O10/c1-35(2)48-51(64)54-40(29-37-19-11-8-12-20-37)32-47(61)56(3)34-41(58)21-13-5-6-16-28-67-45-31-38(25-26-44(45)66-4)49(62)52(65)57-27-15-14-22-42(57)43(59)30-39(50(63)53-33-46(60)55-48)24-23-36-17-9-7-10-18-36/h6-12,16-20,25-26,31,35,39-40,42,48H,5,13-15,21-24,27-30,32-34H2,1-4H3,(H,53,63)(H,54,64)(H,55,60)/t39-,40?,42-,48?/m0/s1. The third kappa shape index (κ3) is 15.7. The van der Waals surface area contributed by atoms with Crippen LogP contribution in [0.5, 0.6) is 11.5 Å². The number of likely N-dealkylation sites (N-methyl/N-ethyl adjacent to an activating group) is 1. The number of nitrogens with zero attached hydrogens (tertiary/aromatic N) is 2. The van der Waals surface area contributed by atoms with Gasteiger partial charge in [-0.1, -0.05) is 86.7 Å². The van der Waals surface area contributed by atoms with E-state index in [-0.39, 0.29) is 80.1 Å². The number of methoxy groups -OCH3 is 1. The van der Waals surface area contributed by atoms with Crippen LogP contribution in [0.1, 0.15) is 93.1 Å². The van der Waals surface area contributed by atoms with E-state index >= 15 is 0 Å². The van der Waals surface area contributed by atoms with Crippen molar-refractivity contribution in [3.8, 4) is 11.5 Å². The van der Waals surface area contributed by atoms with Gasteiger partial charge in [-0.25, -0.2) is 0 Å². The minimum atomic E-state index is -1.03. The van der Waals surface area contributed by atoms with E-state index in [9.17, 15) is 38.4 Å². The molecule has 2 bridgehead atoms. The highest BCUT2D eigenvalue weighted by molar-refractivity contribution is 6.43. The number of Topliss-reactive ketones (excluding diaryl/α,β-unsaturated/α-hetero) is 3. The minimum Gasteiger partial charge on any atom is -0.493 e. The second-order valence-corrected chi connectivity index (χ2v) is 17.7. The van der Waals surface area contributed by atoms with Crippen LogP contribution in [-0.2, 0) is 46.4 Å². The average Bonchev–Trinajstić information content (AvgIpc) is 3.32. The van der Waals surface area contributed by atoms with Gasteiger partial charge in [-0.2, -0.15) is 0 Å². The molecule has 0 aliphatic carbocycles. The number of carbonyl (C=O) groups excluding carboxylic acids is 8. The van der Waals surface area contributed by atoms with Crippen molar-refractivity contribution in [2.75, 3.05) is 40.4 Å². The van der Waals surface area contributed by atoms with Crippen LogP contribution >= 0.6 is 0 Å². The minimum absolute atomic E-state index is 0.0566. The first-order valence-electron chi connectivity index (χ1n) is 23.3. The molecule has 2 aliphatic rings. The maximum Gasteiger partial charge on any atom is 0.295 e. The predicted molar refractivity (Wildman–Crippen MR) is 252 cm³/mol. The Bertz CT molecular complexity index is 2230. The van der Waals surface area contributed by atoms with Crippen molar-refractivity contribution in [3.05, 3.63) is 108 Å². The van der Waals surface area contributed by atoms with Crippen molar-refractivity contribution >= 4 is 46.9 Å². The molecule has 3 aromatic rings. The lowest BCUT2D eigenvalue weighted by Crippen LogP contribution is -2.55. The molecule has 0 saturated carbocycles. The number of piperidine rings is 1. The van der Waals surface area contributed by atoms with Crippen LogP contribution in [0.2, 0.25) is 0 Å². The molecule has 0 spiro atoms. The van der Waals surface area contributed by atoms with Crippen molar-refractivity contribution in [1.29, 1.82) is 0 Å². The van der Waals surface area contributed by atoms with Gasteiger partial charge in [-0.15, -0.1) is 0 Å². The summed E-state index contributed by atoms with van der Waals surface area (Å²) in [5.74, 6) is -4.87. The zero-order valence-corrected chi connectivity index (χ0v) is 39.1. The average molecular weight is 920 g/mol. The van der Waals surface area contributed by atoms with Gasteiger partial charge < -0.3 is 35.2 Å². The van der Waals surface area contributed by atoms with Gasteiger partial charge >= 0.3 is 0 Å². The first-order chi connectivity index (χ1) is 32.2. The second kappa shape index (κ2) is 25.9. The van der Waals surface area contributed by atoms with Crippen LogP contribution in [0.4, 0.5) is 0 Å². The molecule has 1 fully saturated rings. The van der Waals surface area contributed by atoms with E-state index in [1.54, 1.807) is 27.0 Å². The predicted octanol–water partition coefficient (Wildman–Crippen LogP) is 4.99. The van der Waals surface area contributed by atoms with Gasteiger partial charge in [0.15, 0.2) is 23.1 Å². The van der Waals surface area contributed by atoms with Crippen LogP contribution in [0, 0.1) is 11.8 Å². The van der Waals surface area contributed by atoms with E-state index in [0.717, 1.165) is 11.1 Å². The smallest absolute Gasteiger partial charge is 0.295 e. The maximum absolute atomic E-state index is 14.2. The number of allylic oxidation sites excluding steroid dienone is 1. The van der Waals surface area contributed by atoms with Gasteiger partial charge in [-0.3, -0.25) is 38.4 Å². The third-order valence-corrected chi connectivity index (χ3v) is 12.1. The van der Waals surface area contributed by atoms with Crippen LogP contribution in [0.25, 0.3) is 0 Å². The van der Waals surface area contributed by atoms with Crippen molar-refractivity contribution in [2.45, 2.75) is 103 Å². The van der Waals surface area contributed by atoms with Gasteiger partial charge in [0.1, 0.15) is 12.6 Å². The highest BCUT2D eigenvalue weighted by Crippen LogP contribution is 2.30. The Morgan fingerprint density at radius 2 is 1.52 bits per heavy atom. The molecule has 358 valence electrons. The Labute approximate surface area is 393 Å². The van der Waals surface area contributed by atoms with Gasteiger partial charge in [0.05, 0.1) is 26.2 Å². The number of rotatable bonds is 7. The summed E-state index contributed by atoms with van der Waals surface area (Å²) < 4.78 is 11.4. The topological polar surface area (TPSA) is 198 Å². The van der Waals surface area contributed by atoms with Crippen molar-refractivity contribution in [3.63, 3.8) is 0 Å². The largest absolute Gasteiger partial charge is 0.493 e. The summed E-state index contributed by atoms with van der Waals surface area (Å²) in [7, 11) is 3.01. The summed E-state index contributed by atoms with van der Waals surface area (Å²) in [6, 6.07) is 20.6. The zero-order chi connectivity index (χ0) is 48.3. The fraction of sp³-hybridized carbons (Fsp3) is 0.462. The number of benzene rings is 3. The molecular weight excluding hydrogens is 855 g/mol. The number of hydrogen-bond acceptors (Lipinski definition) is 10. The molecule has 3 N–H and O–H groups in total. The van der Waals surface area contributed by atoms with Crippen molar-refractivity contribution in [2.24, 2.45) is 11.8 Å². The number of fused-ring (bicyclic) bond motifs is 3. The van der Waals surface area contributed by atoms with Gasteiger partial charge in [0.25, 0.3) is 11.7 Å². The summed E-state index contributed by atoms with van der Waals surface area (Å²) in [5, 5.41) is 8.40. The Hall–Kier alpha value is -6.64. The van der Waals surface area contributed by atoms with Crippen LogP contribution in [-0.4, -0.2) is 115 Å². The fourth-order valence-electron chi connectivity index (χ4n) is 8.36. The van der Waals surface area contributed by atoms with E-state index in [0.29, 0.717) is 50.7 Å². The third-order valence-electron chi connectivity index (χ3n) is 12.1. The number of nitrogens with one attached hydrogen (secondary N) is 3. The zero-order valence-electron chi connectivity index (χ0n) is 39.1. The summed E-state index contributed by atoms with van der Waals surface area (Å²) in [6.07, 6.45) is 7.20. The molecule has 2 unspecified atom stereocenters. The lowest BCUT2D eigenvalue weighted by Gasteiger charge is -2.35. The Balaban J connectivity index is 1.40. The molecule has 3 aromatic carbocycles. The molecule has 2 heterocycles. The number of carbonyl (C=O) groups is 8. The number of ether oxygens (including phenoxy) is 2. The number of ketones is 3. The number of amides is 5. The number of hydrogen-bond donors (Lipinski definition) is 3. The first kappa shape index (κ1) is 51.3. The van der Waals surface area contributed by atoms with Gasteiger partial charge in [-0.05, 0) is 86.6 Å². The van der Waals surface area contributed by atoms with Crippen molar-refractivity contribution in [1.82, 2.24) is 25.8 Å². The molecule has 1 saturated heterocycles. The second-order valence-electron chi connectivity index (χ2n) is 17.7. The normalized spacial score (nSPS) is 21.9. The molecule has 15 nitrogen and oxygen atoms in total. The Kier molecular flexibility index (Phi) is 19.8. The van der Waals surface area contributed by atoms with Crippen LogP contribution in [0.3, 0.4) is 0 Å². The Morgan fingerprint density at radius 1 is 0.806 bits per heavy atom. The molecule has 15 heteroatoms. The van der Waals surface area contributed by atoms with Gasteiger partial charge in [0.2, 0.25) is 23.6 Å². The van der Waals surface area contributed by atoms with E-state index in [4.69, 9.17) is 9.47 Å². The monoisotopic (exact) mass is 919 g/mol. The molecule has 4 atom stereocenters. The highest BCUT2D eigenvalue weighted by atomic mass is 16.5. The van der Waals surface area contributed by atoms with Crippen LogP contribution in [0.15, 0.2) is 91.0 Å². The maximum atomic E-state index is 14.2. The SMILES string of the molecule is COc1ccc2cc1OCC=CCCCC(=O)CN(C)C(=O)CC(Cc1ccccc1)NC(=O)C(C(C)C)NC(=O)CNC(=O)[C@@H](CCc1ccccc1)CC(=O)[C@@H]1CCCCN1C(=O)C2=O. The lowest BCUT2D eigenvalue weighted by molar-refractivity contribution is -0.139. The first-order valence-corrected chi connectivity index (χ1v) is 23.3. The molecule has 67 heavy (non-hydrogen) atoms. The fourth-order valence-corrected chi connectivity index (χ4v) is 8.36. The molecule has 0 aromatic heterocycles. The van der Waals surface area contributed by atoms with Gasteiger partial charge in [0, 0.05) is 50.4 Å². The van der Waals surface area contributed by atoms with Crippen molar-refractivity contribution < 1.29 is 47.8 Å². The molecule has 0 radical (unpaired) electrons. The quantitative estimate of drug-likeness (QED) is 0.215. The summed E-state index contributed by atoms with van der Waals surface area (Å²) in [4.78, 5) is 112. The van der Waals surface area contributed by atoms with E-state index in [1.807, 2.05) is 66.7 Å². The Morgan fingerprint density at radius 3 is 2.22 bits per heavy atom. The number of aryl methyl sites for hydroxylation is 1. The molecule has 5 rings (SSSR count).